The van der Waals surface area contributed by atoms with E-state index in [0.29, 0.717) is 5.75 Å². The van der Waals surface area contributed by atoms with Gasteiger partial charge in [0, 0.05) is 19.2 Å². The average molecular weight is 208 g/mol. The lowest BCUT2D eigenvalue weighted by atomic mass is 10.3. The summed E-state index contributed by atoms with van der Waals surface area (Å²) in [5.41, 5.74) is -0.0340. The Labute approximate surface area is 85.8 Å². The molecule has 0 saturated carbocycles. The highest BCUT2D eigenvalue weighted by molar-refractivity contribution is 5.36. The summed E-state index contributed by atoms with van der Waals surface area (Å²) in [5, 5.41) is 18.9. The summed E-state index contributed by atoms with van der Waals surface area (Å²) < 4.78 is 9.71. The molecule has 0 bridgehead atoms. The van der Waals surface area contributed by atoms with Crippen molar-refractivity contribution in [3.8, 4) is 11.8 Å². The third kappa shape index (κ3) is 2.93. The minimum Gasteiger partial charge on any atom is -0.451 e. The molecule has 0 amide bonds. The maximum absolute atomic E-state index is 10.3. The predicted molar refractivity (Wildman–Crippen MR) is 50.1 cm³/mol. The van der Waals surface area contributed by atoms with Gasteiger partial charge in [-0.3, -0.25) is 10.1 Å². The fourth-order valence-electron chi connectivity index (χ4n) is 0.897. The van der Waals surface area contributed by atoms with E-state index in [-0.39, 0.29) is 5.69 Å². The monoisotopic (exact) mass is 208 g/mol. The van der Waals surface area contributed by atoms with Crippen LogP contribution in [0.5, 0.6) is 5.75 Å². The minimum atomic E-state index is -1.01. The van der Waals surface area contributed by atoms with Crippen LogP contribution in [0.4, 0.5) is 5.69 Å². The first-order valence-electron chi connectivity index (χ1n) is 4.01. The summed E-state index contributed by atoms with van der Waals surface area (Å²) >= 11 is 0. The number of benzene rings is 1. The van der Waals surface area contributed by atoms with E-state index in [4.69, 9.17) is 10.00 Å². The van der Waals surface area contributed by atoms with Crippen LogP contribution >= 0.6 is 0 Å². The zero-order valence-corrected chi connectivity index (χ0v) is 7.91. The summed E-state index contributed by atoms with van der Waals surface area (Å²) in [7, 11) is 1.33. The fourth-order valence-corrected chi connectivity index (χ4v) is 0.897. The van der Waals surface area contributed by atoms with E-state index in [9.17, 15) is 10.1 Å². The normalized spacial score (nSPS) is 11.5. The van der Waals surface area contributed by atoms with Crippen molar-refractivity contribution in [2.24, 2.45) is 0 Å². The fraction of sp³-hybridized carbons (Fsp3) is 0.222. The van der Waals surface area contributed by atoms with Crippen molar-refractivity contribution in [3.63, 3.8) is 0 Å². The molecule has 0 aliphatic heterocycles. The van der Waals surface area contributed by atoms with Crippen molar-refractivity contribution in [3.05, 3.63) is 34.4 Å². The van der Waals surface area contributed by atoms with Gasteiger partial charge in [0.25, 0.3) is 12.0 Å². The van der Waals surface area contributed by atoms with Crippen LogP contribution in [-0.2, 0) is 4.74 Å². The Hall–Kier alpha value is -2.13. The predicted octanol–water partition coefficient (Wildman–Crippen LogP) is 1.47. The Morgan fingerprint density at radius 3 is 2.47 bits per heavy atom. The van der Waals surface area contributed by atoms with E-state index in [1.165, 1.54) is 31.4 Å². The van der Waals surface area contributed by atoms with E-state index in [2.05, 4.69) is 4.74 Å². The van der Waals surface area contributed by atoms with Crippen LogP contribution in [0.15, 0.2) is 24.3 Å². The highest BCUT2D eigenvalue weighted by Crippen LogP contribution is 2.18. The summed E-state index contributed by atoms with van der Waals surface area (Å²) in [6.45, 7) is 0. The van der Waals surface area contributed by atoms with Gasteiger partial charge in [0.1, 0.15) is 11.8 Å². The van der Waals surface area contributed by atoms with Gasteiger partial charge in [-0.1, -0.05) is 0 Å². The number of rotatable bonds is 4. The van der Waals surface area contributed by atoms with Gasteiger partial charge < -0.3 is 9.47 Å². The Bertz CT molecular complexity index is 382. The zero-order valence-electron chi connectivity index (χ0n) is 7.91. The molecule has 78 valence electrons. The number of nitro groups is 1. The molecule has 0 saturated heterocycles. The lowest BCUT2D eigenvalue weighted by Crippen LogP contribution is -2.15. The van der Waals surface area contributed by atoms with Crippen LogP contribution in [0.3, 0.4) is 0 Å². The maximum atomic E-state index is 10.3. The minimum absolute atomic E-state index is 0.0340. The molecular weight excluding hydrogens is 200 g/mol. The number of methoxy groups -OCH3 is 1. The van der Waals surface area contributed by atoms with Crippen LogP contribution < -0.4 is 4.74 Å². The second kappa shape index (κ2) is 4.93. The second-order valence-electron chi connectivity index (χ2n) is 2.57. The first kappa shape index (κ1) is 10.9. The summed E-state index contributed by atoms with van der Waals surface area (Å²) in [6, 6.07) is 7.15. The van der Waals surface area contributed by atoms with Gasteiger partial charge in [0.15, 0.2) is 0 Å². The zero-order chi connectivity index (χ0) is 11.3. The van der Waals surface area contributed by atoms with Gasteiger partial charge >= 0.3 is 0 Å². The maximum Gasteiger partial charge on any atom is 0.289 e. The largest absolute Gasteiger partial charge is 0.451 e. The number of ether oxygens (including phenoxy) is 2. The number of nitrogens with zero attached hydrogens (tertiary/aromatic N) is 2. The molecule has 0 aliphatic rings. The molecule has 1 atom stereocenters. The molecule has 1 aromatic rings. The lowest BCUT2D eigenvalue weighted by Gasteiger charge is -2.09. The first-order chi connectivity index (χ1) is 7.17. The third-order valence-corrected chi connectivity index (χ3v) is 1.61. The van der Waals surface area contributed by atoms with Gasteiger partial charge in [0.2, 0.25) is 0 Å². The first-order valence-corrected chi connectivity index (χ1v) is 4.01. The van der Waals surface area contributed by atoms with E-state index in [1.807, 2.05) is 0 Å². The van der Waals surface area contributed by atoms with E-state index >= 15 is 0 Å². The van der Waals surface area contributed by atoms with Gasteiger partial charge in [-0.25, -0.2) is 0 Å². The van der Waals surface area contributed by atoms with Gasteiger partial charge in [-0.2, -0.15) is 5.26 Å². The lowest BCUT2D eigenvalue weighted by molar-refractivity contribution is -0.384. The highest BCUT2D eigenvalue weighted by Gasteiger charge is 2.08. The van der Waals surface area contributed by atoms with Crippen molar-refractivity contribution < 1.29 is 14.4 Å². The van der Waals surface area contributed by atoms with Crippen molar-refractivity contribution in [2.75, 3.05) is 7.11 Å². The van der Waals surface area contributed by atoms with Gasteiger partial charge in [0.05, 0.1) is 4.92 Å². The molecule has 0 radical (unpaired) electrons. The molecule has 6 nitrogen and oxygen atoms in total. The van der Waals surface area contributed by atoms with Crippen LogP contribution in [0.1, 0.15) is 0 Å². The molecule has 6 heteroatoms. The van der Waals surface area contributed by atoms with Gasteiger partial charge in [-0.15, -0.1) is 0 Å². The summed E-state index contributed by atoms with van der Waals surface area (Å²) in [4.78, 5) is 9.82. The van der Waals surface area contributed by atoms with Crippen LogP contribution in [0, 0.1) is 21.4 Å². The topological polar surface area (TPSA) is 85.4 Å². The van der Waals surface area contributed by atoms with Crippen LogP contribution in [0.2, 0.25) is 0 Å². The Morgan fingerprint density at radius 1 is 1.47 bits per heavy atom. The van der Waals surface area contributed by atoms with Gasteiger partial charge in [-0.05, 0) is 12.1 Å². The molecule has 0 heterocycles. The molecule has 0 N–H and O–H groups in total. The second-order valence-corrected chi connectivity index (χ2v) is 2.57. The molecule has 0 spiro atoms. The number of hydrogen-bond acceptors (Lipinski definition) is 5. The van der Waals surface area contributed by atoms with Crippen molar-refractivity contribution >= 4 is 5.69 Å². The van der Waals surface area contributed by atoms with E-state index in [0.717, 1.165) is 0 Å². The molecule has 15 heavy (non-hydrogen) atoms. The molecule has 0 aromatic heterocycles. The van der Waals surface area contributed by atoms with Crippen LogP contribution in [0.25, 0.3) is 0 Å². The number of nitro benzene ring substituents is 1. The Balaban J connectivity index is 2.73. The Kier molecular flexibility index (Phi) is 3.60. The molecule has 1 aromatic carbocycles. The number of nitriles is 1. The highest BCUT2D eigenvalue weighted by atomic mass is 16.7. The van der Waals surface area contributed by atoms with E-state index < -0.39 is 11.2 Å². The molecule has 1 unspecified atom stereocenters. The Morgan fingerprint density at radius 2 is 2.07 bits per heavy atom. The van der Waals surface area contributed by atoms with Crippen molar-refractivity contribution in [1.29, 1.82) is 5.26 Å². The molecular formula is C9H8N2O4. The number of non-ortho nitro benzene ring substituents is 1. The average Bonchev–Trinajstić information content (AvgIpc) is 2.26. The SMILES string of the molecule is COC(C#N)Oc1ccc([N+](=O)[O-])cc1. The molecule has 1 rings (SSSR count). The smallest absolute Gasteiger partial charge is 0.289 e. The van der Waals surface area contributed by atoms with Crippen LogP contribution in [-0.4, -0.2) is 18.3 Å². The third-order valence-electron chi connectivity index (χ3n) is 1.61. The standard InChI is InChI=1S/C9H8N2O4/c1-14-9(6-10)15-8-4-2-7(3-5-8)11(12)13/h2-5,9H,1H3. The van der Waals surface area contributed by atoms with E-state index in [1.54, 1.807) is 6.07 Å². The number of hydrogen-bond donors (Lipinski definition) is 0. The van der Waals surface area contributed by atoms with Crippen molar-refractivity contribution in [1.82, 2.24) is 0 Å². The molecule has 0 aliphatic carbocycles. The quantitative estimate of drug-likeness (QED) is 0.425. The molecule has 0 fully saturated rings. The summed E-state index contributed by atoms with van der Waals surface area (Å²) in [6.07, 6.45) is -1.01. The summed E-state index contributed by atoms with van der Waals surface area (Å²) in [5.74, 6) is 0.342. The van der Waals surface area contributed by atoms with Crippen molar-refractivity contribution in [2.45, 2.75) is 6.29 Å².